The molecule has 0 saturated carbocycles. The first-order valence-electron chi connectivity index (χ1n) is 9.19. The van der Waals surface area contributed by atoms with Crippen molar-refractivity contribution >= 4 is 22.6 Å². The van der Waals surface area contributed by atoms with Gasteiger partial charge in [0.2, 0.25) is 0 Å². The standard InChI is InChI=1S/C20H36O4Si2/c1-19(2,3)25(7,8)23-16-12-11-15(14-18(21)22)13-17(16)24-26(9,10)20(4,5)6/h11-13H,14H2,1-10H3,(H,21,22). The van der Waals surface area contributed by atoms with E-state index in [0.717, 1.165) is 11.3 Å². The zero-order chi connectivity index (χ0) is 20.6. The summed E-state index contributed by atoms with van der Waals surface area (Å²) in [6, 6.07) is 5.55. The van der Waals surface area contributed by atoms with E-state index in [-0.39, 0.29) is 16.5 Å². The van der Waals surface area contributed by atoms with E-state index >= 15 is 0 Å². The van der Waals surface area contributed by atoms with Crippen molar-refractivity contribution in [1.29, 1.82) is 0 Å². The summed E-state index contributed by atoms with van der Waals surface area (Å²) in [6.07, 6.45) is -0.0196. The molecule has 1 aromatic carbocycles. The largest absolute Gasteiger partial charge is 0.541 e. The summed E-state index contributed by atoms with van der Waals surface area (Å²) in [4.78, 5) is 11.1. The van der Waals surface area contributed by atoms with E-state index in [4.69, 9.17) is 14.0 Å². The fourth-order valence-electron chi connectivity index (χ4n) is 1.86. The van der Waals surface area contributed by atoms with Crippen molar-refractivity contribution in [3.8, 4) is 11.5 Å². The minimum Gasteiger partial charge on any atom is -0.541 e. The highest BCUT2D eigenvalue weighted by atomic mass is 28.4. The molecule has 4 nitrogen and oxygen atoms in total. The van der Waals surface area contributed by atoms with Crippen molar-refractivity contribution in [1.82, 2.24) is 0 Å². The molecule has 0 saturated heterocycles. The monoisotopic (exact) mass is 396 g/mol. The van der Waals surface area contributed by atoms with Crippen LogP contribution in [0.4, 0.5) is 0 Å². The fourth-order valence-corrected chi connectivity index (χ4v) is 3.90. The third-order valence-electron chi connectivity index (χ3n) is 5.71. The number of carbonyl (C=O) groups is 1. The summed E-state index contributed by atoms with van der Waals surface area (Å²) in [5, 5.41) is 9.24. The summed E-state index contributed by atoms with van der Waals surface area (Å²) in [5.74, 6) is 0.567. The first kappa shape index (κ1) is 22.8. The van der Waals surface area contributed by atoms with Gasteiger partial charge < -0.3 is 14.0 Å². The second-order valence-electron chi connectivity index (χ2n) is 10.1. The van der Waals surface area contributed by atoms with Gasteiger partial charge in [-0.3, -0.25) is 4.79 Å². The van der Waals surface area contributed by atoms with Crippen molar-refractivity contribution in [2.24, 2.45) is 0 Å². The molecule has 0 unspecified atom stereocenters. The Morgan fingerprint density at radius 3 is 1.69 bits per heavy atom. The Labute approximate surface area is 161 Å². The maximum Gasteiger partial charge on any atom is 0.307 e. The highest BCUT2D eigenvalue weighted by Crippen LogP contribution is 2.43. The summed E-state index contributed by atoms with van der Waals surface area (Å²) in [7, 11) is -4.10. The lowest BCUT2D eigenvalue weighted by atomic mass is 10.1. The van der Waals surface area contributed by atoms with Gasteiger partial charge in [-0.15, -0.1) is 0 Å². The predicted octanol–water partition coefficient (Wildman–Crippen LogP) is 6.08. The van der Waals surface area contributed by atoms with Crippen molar-refractivity contribution in [2.45, 2.75) is 84.2 Å². The van der Waals surface area contributed by atoms with Crippen LogP contribution in [0.15, 0.2) is 18.2 Å². The molecule has 0 amide bonds. The maximum atomic E-state index is 11.1. The summed E-state index contributed by atoms with van der Waals surface area (Å²) in [5.41, 5.74) is 0.730. The molecule has 1 N–H and O–H groups in total. The summed E-state index contributed by atoms with van der Waals surface area (Å²) < 4.78 is 13.0. The summed E-state index contributed by atoms with van der Waals surface area (Å²) >= 11 is 0. The van der Waals surface area contributed by atoms with E-state index in [1.807, 2.05) is 18.2 Å². The lowest BCUT2D eigenvalue weighted by Crippen LogP contribution is -2.45. The molecule has 1 aromatic rings. The Balaban J connectivity index is 3.35. The highest BCUT2D eigenvalue weighted by Gasteiger charge is 2.42. The highest BCUT2D eigenvalue weighted by molar-refractivity contribution is 6.75. The predicted molar refractivity (Wildman–Crippen MR) is 113 cm³/mol. The number of benzene rings is 1. The van der Waals surface area contributed by atoms with E-state index in [2.05, 4.69) is 67.7 Å². The van der Waals surface area contributed by atoms with Crippen molar-refractivity contribution < 1.29 is 18.8 Å². The molecule has 0 aliphatic rings. The third kappa shape index (κ3) is 5.61. The van der Waals surface area contributed by atoms with E-state index in [1.165, 1.54) is 0 Å². The van der Waals surface area contributed by atoms with Crippen LogP contribution in [-0.4, -0.2) is 27.7 Å². The van der Waals surface area contributed by atoms with E-state index < -0.39 is 22.6 Å². The number of hydrogen-bond donors (Lipinski definition) is 1. The van der Waals surface area contributed by atoms with Gasteiger partial charge in [0.15, 0.2) is 0 Å². The first-order valence-corrected chi connectivity index (χ1v) is 15.0. The van der Waals surface area contributed by atoms with Gasteiger partial charge in [0.05, 0.1) is 6.42 Å². The molecule has 0 aromatic heterocycles. The summed E-state index contributed by atoms with van der Waals surface area (Å²) in [6.45, 7) is 22.0. The van der Waals surface area contributed by atoms with Crippen molar-refractivity contribution in [2.75, 3.05) is 0 Å². The van der Waals surface area contributed by atoms with Crippen LogP contribution < -0.4 is 8.85 Å². The number of carboxylic acid groups (broad SMARTS) is 1. The average molecular weight is 397 g/mol. The SMILES string of the molecule is CC(C)(C)[Si](C)(C)Oc1ccc(CC(=O)O)cc1O[Si](C)(C)C(C)(C)C. The molecule has 0 aliphatic heterocycles. The van der Waals surface area contributed by atoms with Crippen molar-refractivity contribution in [3.63, 3.8) is 0 Å². The van der Waals surface area contributed by atoms with Crippen LogP contribution in [0.1, 0.15) is 47.1 Å². The molecule has 148 valence electrons. The Bertz CT molecular complexity index is 653. The smallest absolute Gasteiger partial charge is 0.307 e. The Kier molecular flexibility index (Phi) is 6.47. The lowest BCUT2D eigenvalue weighted by molar-refractivity contribution is -0.136. The van der Waals surface area contributed by atoms with Gasteiger partial charge in [0.25, 0.3) is 16.6 Å². The Morgan fingerprint density at radius 1 is 0.885 bits per heavy atom. The second-order valence-corrected chi connectivity index (χ2v) is 19.5. The second kappa shape index (κ2) is 7.39. The topological polar surface area (TPSA) is 55.8 Å². The first-order chi connectivity index (χ1) is 11.5. The van der Waals surface area contributed by atoms with Crippen LogP contribution in [0.2, 0.25) is 36.3 Å². The van der Waals surface area contributed by atoms with E-state index in [9.17, 15) is 4.79 Å². The molecular weight excluding hydrogens is 360 g/mol. The molecule has 6 heteroatoms. The van der Waals surface area contributed by atoms with Crippen LogP contribution in [0.25, 0.3) is 0 Å². The van der Waals surface area contributed by atoms with Crippen LogP contribution in [-0.2, 0) is 11.2 Å². The minimum atomic E-state index is -2.07. The van der Waals surface area contributed by atoms with Gasteiger partial charge in [-0.25, -0.2) is 0 Å². The fraction of sp³-hybridized carbons (Fsp3) is 0.650. The molecular formula is C20H36O4Si2. The molecule has 0 radical (unpaired) electrons. The van der Waals surface area contributed by atoms with Gasteiger partial charge in [0, 0.05) is 0 Å². The van der Waals surface area contributed by atoms with Gasteiger partial charge in [-0.2, -0.15) is 0 Å². The molecule has 0 aliphatic carbocycles. The normalized spacial score (nSPS) is 13.5. The van der Waals surface area contributed by atoms with Gasteiger partial charge in [0.1, 0.15) is 11.5 Å². The number of rotatable bonds is 6. The van der Waals surface area contributed by atoms with Gasteiger partial charge in [-0.1, -0.05) is 47.6 Å². The number of hydrogen-bond acceptors (Lipinski definition) is 3. The molecule has 0 bridgehead atoms. The minimum absolute atomic E-state index is 0.0196. The number of carboxylic acids is 1. The van der Waals surface area contributed by atoms with E-state index in [1.54, 1.807) is 0 Å². The lowest BCUT2D eigenvalue weighted by Gasteiger charge is -2.39. The average Bonchev–Trinajstić information content (AvgIpc) is 2.37. The van der Waals surface area contributed by atoms with Crippen LogP contribution in [0, 0.1) is 0 Å². The molecule has 0 spiro atoms. The number of aliphatic carboxylic acids is 1. The molecule has 0 heterocycles. The quantitative estimate of drug-likeness (QED) is 0.592. The maximum absolute atomic E-state index is 11.1. The van der Waals surface area contributed by atoms with Crippen LogP contribution in [0.5, 0.6) is 11.5 Å². The van der Waals surface area contributed by atoms with Crippen LogP contribution in [0.3, 0.4) is 0 Å². The third-order valence-corrected chi connectivity index (χ3v) is 14.4. The zero-order valence-electron chi connectivity index (χ0n) is 18.1. The van der Waals surface area contributed by atoms with Crippen LogP contribution >= 0.6 is 0 Å². The molecule has 0 fully saturated rings. The van der Waals surface area contributed by atoms with Gasteiger partial charge in [-0.05, 0) is 54.0 Å². The van der Waals surface area contributed by atoms with Crippen molar-refractivity contribution in [3.05, 3.63) is 23.8 Å². The molecule has 1 rings (SSSR count). The zero-order valence-corrected chi connectivity index (χ0v) is 20.1. The van der Waals surface area contributed by atoms with Gasteiger partial charge >= 0.3 is 5.97 Å². The Hall–Kier alpha value is -1.28. The molecule has 0 atom stereocenters. The molecule has 26 heavy (non-hydrogen) atoms. The Morgan fingerprint density at radius 2 is 1.31 bits per heavy atom. The van der Waals surface area contributed by atoms with E-state index in [0.29, 0.717) is 5.75 Å².